The van der Waals surface area contributed by atoms with Gasteiger partial charge in [-0.1, -0.05) is 19.1 Å². The van der Waals surface area contributed by atoms with Crippen molar-refractivity contribution >= 4 is 0 Å². The molecule has 0 amide bonds. The van der Waals surface area contributed by atoms with Crippen molar-refractivity contribution < 1.29 is 17.9 Å². The molecule has 120 valence electrons. The first kappa shape index (κ1) is 17.8. The van der Waals surface area contributed by atoms with Gasteiger partial charge in [-0.2, -0.15) is 13.2 Å². The zero-order valence-corrected chi connectivity index (χ0v) is 12.9. The van der Waals surface area contributed by atoms with Crippen molar-refractivity contribution in [2.75, 3.05) is 6.61 Å². The zero-order valence-electron chi connectivity index (χ0n) is 12.9. The molecule has 0 bridgehead atoms. The number of benzene rings is 1. The lowest BCUT2D eigenvalue weighted by atomic mass is 9.99. The quantitative estimate of drug-likeness (QED) is 0.762. The molecule has 2 N–H and O–H groups in total. The van der Waals surface area contributed by atoms with Gasteiger partial charge in [0.15, 0.2) is 0 Å². The van der Waals surface area contributed by atoms with Crippen molar-refractivity contribution in [3.8, 4) is 5.75 Å². The minimum absolute atomic E-state index is 0.0230. The van der Waals surface area contributed by atoms with Crippen LogP contribution in [0.4, 0.5) is 13.2 Å². The number of ether oxygens (including phenoxy) is 1. The molecule has 0 saturated heterocycles. The molecule has 0 radical (unpaired) electrons. The summed E-state index contributed by atoms with van der Waals surface area (Å²) in [5.41, 5.74) is 8.97. The van der Waals surface area contributed by atoms with Crippen molar-refractivity contribution in [2.24, 2.45) is 5.73 Å². The number of hydrogen-bond donors (Lipinski definition) is 1. The third kappa shape index (κ3) is 6.38. The molecule has 0 aromatic heterocycles. The van der Waals surface area contributed by atoms with Crippen LogP contribution in [0.25, 0.3) is 0 Å². The van der Waals surface area contributed by atoms with Crippen molar-refractivity contribution in [1.29, 1.82) is 0 Å². The highest BCUT2D eigenvalue weighted by Crippen LogP contribution is 2.27. The molecule has 0 fully saturated rings. The molecule has 0 aliphatic rings. The van der Waals surface area contributed by atoms with Gasteiger partial charge in [-0.25, -0.2) is 0 Å². The van der Waals surface area contributed by atoms with Gasteiger partial charge in [0.05, 0.1) is 6.61 Å². The van der Waals surface area contributed by atoms with Gasteiger partial charge in [0.2, 0.25) is 0 Å². The Morgan fingerprint density at radius 3 is 2.24 bits per heavy atom. The van der Waals surface area contributed by atoms with E-state index in [9.17, 15) is 13.2 Å². The molecule has 1 atom stereocenters. The molecule has 0 aliphatic carbocycles. The van der Waals surface area contributed by atoms with E-state index < -0.39 is 12.6 Å². The minimum atomic E-state index is -4.12. The molecule has 1 unspecified atom stereocenters. The van der Waals surface area contributed by atoms with Crippen LogP contribution in [0.2, 0.25) is 0 Å². The summed E-state index contributed by atoms with van der Waals surface area (Å²) in [5, 5.41) is 0. The number of halogens is 3. The monoisotopic (exact) mass is 303 g/mol. The Labute approximate surface area is 124 Å². The van der Waals surface area contributed by atoms with Crippen LogP contribution in [0.5, 0.6) is 5.75 Å². The van der Waals surface area contributed by atoms with Gasteiger partial charge in [0.1, 0.15) is 5.75 Å². The van der Waals surface area contributed by atoms with Crippen molar-refractivity contribution in [3.05, 3.63) is 28.8 Å². The summed E-state index contributed by atoms with van der Waals surface area (Å²) in [6.45, 7) is 5.94. The average molecular weight is 303 g/mol. The highest BCUT2D eigenvalue weighted by atomic mass is 19.4. The molecule has 0 aliphatic heterocycles. The summed E-state index contributed by atoms with van der Waals surface area (Å²) in [6.07, 6.45) is -3.24. The van der Waals surface area contributed by atoms with Crippen molar-refractivity contribution in [1.82, 2.24) is 0 Å². The topological polar surface area (TPSA) is 35.2 Å². The first-order chi connectivity index (χ1) is 9.73. The first-order valence-corrected chi connectivity index (χ1v) is 7.28. The summed E-state index contributed by atoms with van der Waals surface area (Å²) in [7, 11) is 0. The molecule has 5 heteroatoms. The normalized spacial score (nSPS) is 13.3. The molecule has 0 saturated carbocycles. The highest BCUT2D eigenvalue weighted by molar-refractivity contribution is 5.43. The smallest absolute Gasteiger partial charge is 0.389 e. The van der Waals surface area contributed by atoms with Crippen LogP contribution in [0, 0.1) is 13.8 Å². The Kier molecular flexibility index (Phi) is 6.52. The molecular weight excluding hydrogens is 279 g/mol. The molecule has 1 aromatic carbocycles. The van der Waals surface area contributed by atoms with E-state index in [1.165, 1.54) is 0 Å². The van der Waals surface area contributed by atoms with E-state index in [0.717, 1.165) is 29.5 Å². The highest BCUT2D eigenvalue weighted by Gasteiger charge is 2.26. The maximum atomic E-state index is 12.1. The van der Waals surface area contributed by atoms with Gasteiger partial charge >= 0.3 is 6.18 Å². The average Bonchev–Trinajstić information content (AvgIpc) is 2.35. The maximum Gasteiger partial charge on any atom is 0.389 e. The van der Waals surface area contributed by atoms with E-state index in [1.807, 2.05) is 32.9 Å². The van der Waals surface area contributed by atoms with Crippen molar-refractivity contribution in [3.63, 3.8) is 0 Å². The van der Waals surface area contributed by atoms with Gasteiger partial charge in [0, 0.05) is 12.5 Å². The van der Waals surface area contributed by atoms with Gasteiger partial charge in [-0.15, -0.1) is 0 Å². The Morgan fingerprint density at radius 1 is 1.19 bits per heavy atom. The number of nitrogens with two attached hydrogens (primary N) is 1. The maximum absolute atomic E-state index is 12.1. The van der Waals surface area contributed by atoms with Gasteiger partial charge in [-0.05, 0) is 49.8 Å². The standard InChI is InChI=1S/C16H24F3NO/c1-4-14(20)10-13-8-11(2)15(12(3)9-13)21-7-5-6-16(17,18)19/h8-9,14H,4-7,10,20H2,1-3H3. The SMILES string of the molecule is CCC(N)Cc1cc(C)c(OCCCC(F)(F)F)c(C)c1. The van der Waals surface area contributed by atoms with E-state index in [4.69, 9.17) is 10.5 Å². The molecule has 0 spiro atoms. The second-order valence-electron chi connectivity index (χ2n) is 5.50. The lowest BCUT2D eigenvalue weighted by Gasteiger charge is -2.16. The molecule has 1 aromatic rings. The van der Waals surface area contributed by atoms with E-state index in [2.05, 4.69) is 0 Å². The largest absolute Gasteiger partial charge is 0.493 e. The molecule has 0 heterocycles. The summed E-state index contributed by atoms with van der Waals surface area (Å²) in [6, 6.07) is 4.13. The predicted molar refractivity (Wildman–Crippen MR) is 78.7 cm³/mol. The third-order valence-corrected chi connectivity index (χ3v) is 3.39. The molecule has 21 heavy (non-hydrogen) atoms. The molecule has 2 nitrogen and oxygen atoms in total. The Bertz CT molecular complexity index is 434. The third-order valence-electron chi connectivity index (χ3n) is 3.39. The fourth-order valence-corrected chi connectivity index (χ4v) is 2.28. The zero-order chi connectivity index (χ0) is 16.0. The second kappa shape index (κ2) is 7.69. The van der Waals surface area contributed by atoms with Crippen molar-refractivity contribution in [2.45, 2.75) is 58.7 Å². The van der Waals surface area contributed by atoms with Crippen LogP contribution in [-0.2, 0) is 6.42 Å². The number of aryl methyl sites for hydroxylation is 2. The number of rotatable bonds is 7. The van der Waals surface area contributed by atoms with Gasteiger partial charge in [-0.3, -0.25) is 0 Å². The Balaban J connectivity index is 2.63. The van der Waals surface area contributed by atoms with Crippen LogP contribution < -0.4 is 10.5 Å². The van der Waals surface area contributed by atoms with Crippen LogP contribution in [-0.4, -0.2) is 18.8 Å². The lowest BCUT2D eigenvalue weighted by Crippen LogP contribution is -2.21. The van der Waals surface area contributed by atoms with Crippen LogP contribution in [0.15, 0.2) is 12.1 Å². The second-order valence-corrected chi connectivity index (χ2v) is 5.50. The van der Waals surface area contributed by atoms with Gasteiger partial charge in [0.25, 0.3) is 0 Å². The lowest BCUT2D eigenvalue weighted by molar-refractivity contribution is -0.136. The van der Waals surface area contributed by atoms with Gasteiger partial charge < -0.3 is 10.5 Å². The van der Waals surface area contributed by atoms with E-state index in [0.29, 0.717) is 5.75 Å². The number of alkyl halides is 3. The summed E-state index contributed by atoms with van der Waals surface area (Å²) in [5.74, 6) is 0.686. The van der Waals surface area contributed by atoms with E-state index >= 15 is 0 Å². The van der Waals surface area contributed by atoms with Crippen LogP contribution in [0.1, 0.15) is 42.9 Å². The molecule has 1 rings (SSSR count). The van der Waals surface area contributed by atoms with Crippen LogP contribution in [0.3, 0.4) is 0 Å². The minimum Gasteiger partial charge on any atom is -0.493 e. The number of hydrogen-bond acceptors (Lipinski definition) is 2. The van der Waals surface area contributed by atoms with Crippen LogP contribution >= 0.6 is 0 Å². The summed E-state index contributed by atoms with van der Waals surface area (Å²) in [4.78, 5) is 0. The molecular formula is C16H24F3NO. The Hall–Kier alpha value is -1.23. The van der Waals surface area contributed by atoms with E-state index in [1.54, 1.807) is 0 Å². The summed E-state index contributed by atoms with van der Waals surface area (Å²) >= 11 is 0. The predicted octanol–water partition coefficient (Wildman–Crippen LogP) is 4.30. The summed E-state index contributed by atoms with van der Waals surface area (Å²) < 4.78 is 41.8. The first-order valence-electron chi connectivity index (χ1n) is 7.28. The fraction of sp³-hybridized carbons (Fsp3) is 0.625. The van der Waals surface area contributed by atoms with E-state index in [-0.39, 0.29) is 19.1 Å². The fourth-order valence-electron chi connectivity index (χ4n) is 2.28. The Morgan fingerprint density at radius 2 is 1.76 bits per heavy atom.